The number of nitrogens with zero attached hydrogens (tertiary/aromatic N) is 1. The summed E-state index contributed by atoms with van der Waals surface area (Å²) >= 11 is 6.83. The Balaban J connectivity index is 1.56. The highest BCUT2D eigenvalue weighted by Crippen LogP contribution is 2.36. The van der Waals surface area contributed by atoms with Gasteiger partial charge < -0.3 is 9.15 Å². The molecule has 0 amide bonds. The first-order valence-electron chi connectivity index (χ1n) is 8.26. The van der Waals surface area contributed by atoms with Gasteiger partial charge >= 0.3 is 6.18 Å². The summed E-state index contributed by atoms with van der Waals surface area (Å²) in [7, 11) is 0. The predicted molar refractivity (Wildman–Crippen MR) is 103 cm³/mol. The van der Waals surface area contributed by atoms with Gasteiger partial charge in [0.25, 0.3) is 0 Å². The predicted octanol–water partition coefficient (Wildman–Crippen LogP) is 6.89. The number of benzene rings is 2. The molecule has 0 N–H and O–H groups in total. The number of alkyl halides is 4. The van der Waals surface area contributed by atoms with Crippen LogP contribution in [0.3, 0.4) is 0 Å². The number of ether oxygens (including phenoxy) is 1. The fourth-order valence-corrected chi connectivity index (χ4v) is 3.76. The van der Waals surface area contributed by atoms with Crippen molar-refractivity contribution in [3.63, 3.8) is 0 Å². The van der Waals surface area contributed by atoms with E-state index in [-0.39, 0.29) is 5.01 Å². The first-order valence-corrected chi connectivity index (χ1v) is 9.67. The molecule has 0 saturated heterocycles. The lowest BCUT2D eigenvalue weighted by molar-refractivity contribution is -0.140. The highest BCUT2D eigenvalue weighted by Gasteiger charge is 2.34. The van der Waals surface area contributed by atoms with Crippen LogP contribution in [0.4, 0.5) is 13.2 Å². The minimum Gasteiger partial charge on any atom is -0.489 e. The van der Waals surface area contributed by atoms with E-state index in [0.29, 0.717) is 29.6 Å². The number of hydrogen-bond donors (Lipinski definition) is 0. The van der Waals surface area contributed by atoms with E-state index in [4.69, 9.17) is 20.8 Å². The molecule has 0 fully saturated rings. The summed E-state index contributed by atoms with van der Waals surface area (Å²) in [5.41, 5.74) is 1.62. The molecule has 0 bridgehead atoms. The molecule has 2 aromatic carbocycles. The topological polar surface area (TPSA) is 35.3 Å². The van der Waals surface area contributed by atoms with Crippen LogP contribution >= 0.6 is 22.9 Å². The summed E-state index contributed by atoms with van der Waals surface area (Å²) in [6.07, 6.45) is -4.47. The van der Waals surface area contributed by atoms with Crippen molar-refractivity contribution in [1.82, 2.24) is 4.98 Å². The average molecular weight is 424 g/mol. The molecule has 0 aliphatic rings. The van der Waals surface area contributed by atoms with Crippen LogP contribution in [0.2, 0.25) is 0 Å². The monoisotopic (exact) mass is 423 g/mol. The summed E-state index contributed by atoms with van der Waals surface area (Å²) < 4.78 is 49.7. The smallest absolute Gasteiger partial charge is 0.434 e. The molecular weight excluding hydrogens is 411 g/mol. The molecule has 3 nitrogen and oxygen atoms in total. The molecule has 2 aromatic heterocycles. The maximum absolute atomic E-state index is 12.7. The van der Waals surface area contributed by atoms with Crippen LogP contribution in [0.5, 0.6) is 5.75 Å². The molecule has 2 heterocycles. The van der Waals surface area contributed by atoms with Crippen molar-refractivity contribution in [3.8, 4) is 16.5 Å². The van der Waals surface area contributed by atoms with Crippen molar-refractivity contribution in [2.45, 2.75) is 18.7 Å². The first-order chi connectivity index (χ1) is 13.4. The van der Waals surface area contributed by atoms with Crippen LogP contribution < -0.4 is 4.74 Å². The van der Waals surface area contributed by atoms with Gasteiger partial charge in [-0.15, -0.1) is 22.9 Å². The number of rotatable bonds is 5. The fourth-order valence-electron chi connectivity index (χ4n) is 2.72. The number of thiazole rings is 1. The quantitative estimate of drug-likeness (QED) is 0.328. The lowest BCUT2D eigenvalue weighted by atomic mass is 10.1. The Labute approximate surface area is 167 Å². The third-order valence-electron chi connectivity index (χ3n) is 4.15. The molecule has 4 rings (SSSR count). The Morgan fingerprint density at radius 3 is 2.57 bits per heavy atom. The summed E-state index contributed by atoms with van der Waals surface area (Å²) in [5, 5.41) is 1.88. The fraction of sp³-hybridized carbons (Fsp3) is 0.150. The Kier molecular flexibility index (Phi) is 5.03. The van der Waals surface area contributed by atoms with Gasteiger partial charge in [0.15, 0.2) is 16.5 Å². The minimum absolute atomic E-state index is 0.182. The van der Waals surface area contributed by atoms with Crippen molar-refractivity contribution in [2.24, 2.45) is 0 Å². The van der Waals surface area contributed by atoms with Gasteiger partial charge in [-0.2, -0.15) is 13.2 Å². The molecule has 0 saturated carbocycles. The zero-order chi connectivity index (χ0) is 19.7. The summed E-state index contributed by atoms with van der Waals surface area (Å²) in [4.78, 5) is 3.62. The van der Waals surface area contributed by atoms with E-state index in [9.17, 15) is 13.2 Å². The molecule has 0 radical (unpaired) electrons. The standard InChI is InChI=1S/C20H13ClF3NO2S/c21-9-12-3-1-2-4-13(12)10-26-15-5-6-16-14(7-15)8-17(27-16)19-25-18(11-28-19)20(22,23)24/h1-8,11H,9-10H2. The number of halogens is 4. The van der Waals surface area contributed by atoms with Gasteiger partial charge in [0.2, 0.25) is 0 Å². The minimum atomic E-state index is -4.47. The lowest BCUT2D eigenvalue weighted by Crippen LogP contribution is -2.04. The van der Waals surface area contributed by atoms with Crippen LogP contribution in [0.15, 0.2) is 58.3 Å². The van der Waals surface area contributed by atoms with Gasteiger partial charge in [-0.05, 0) is 35.4 Å². The maximum atomic E-state index is 12.7. The molecule has 0 atom stereocenters. The third-order valence-corrected chi connectivity index (χ3v) is 5.29. The summed E-state index contributed by atoms with van der Waals surface area (Å²) in [6.45, 7) is 0.362. The summed E-state index contributed by atoms with van der Waals surface area (Å²) in [6, 6.07) is 14.7. The number of fused-ring (bicyclic) bond motifs is 1. The SMILES string of the molecule is FC(F)(F)c1csc(-c2cc3cc(OCc4ccccc4CCl)ccc3o2)n1. The van der Waals surface area contributed by atoms with Gasteiger partial charge in [-0.1, -0.05) is 24.3 Å². The average Bonchev–Trinajstić information content (AvgIpc) is 3.32. The first kappa shape index (κ1) is 18.8. The van der Waals surface area contributed by atoms with Crippen LogP contribution in [0, 0.1) is 0 Å². The van der Waals surface area contributed by atoms with Crippen LogP contribution in [-0.4, -0.2) is 4.98 Å². The van der Waals surface area contributed by atoms with Crippen LogP contribution in [-0.2, 0) is 18.7 Å². The van der Waals surface area contributed by atoms with Gasteiger partial charge in [-0.3, -0.25) is 0 Å². The number of furan rings is 1. The van der Waals surface area contributed by atoms with E-state index in [1.165, 1.54) is 0 Å². The molecule has 28 heavy (non-hydrogen) atoms. The molecule has 0 aliphatic carbocycles. The Morgan fingerprint density at radius 2 is 1.86 bits per heavy atom. The van der Waals surface area contributed by atoms with Gasteiger partial charge in [0.05, 0.1) is 0 Å². The normalized spacial score (nSPS) is 11.9. The highest BCUT2D eigenvalue weighted by atomic mass is 35.5. The number of aromatic nitrogens is 1. The Morgan fingerprint density at radius 1 is 1.07 bits per heavy atom. The zero-order valence-electron chi connectivity index (χ0n) is 14.3. The zero-order valence-corrected chi connectivity index (χ0v) is 15.9. The van der Waals surface area contributed by atoms with E-state index in [2.05, 4.69) is 4.98 Å². The Hall–Kier alpha value is -2.51. The second-order valence-corrected chi connectivity index (χ2v) is 7.16. The molecule has 8 heteroatoms. The Bertz CT molecular complexity index is 1120. The van der Waals surface area contributed by atoms with Crippen molar-refractivity contribution < 1.29 is 22.3 Å². The lowest BCUT2D eigenvalue weighted by Gasteiger charge is -2.09. The van der Waals surface area contributed by atoms with Crippen LogP contribution in [0.25, 0.3) is 21.7 Å². The molecule has 4 aromatic rings. The molecule has 144 valence electrons. The van der Waals surface area contributed by atoms with E-state index in [1.807, 2.05) is 24.3 Å². The van der Waals surface area contributed by atoms with Gasteiger partial charge in [0, 0.05) is 16.6 Å². The summed E-state index contributed by atoms with van der Waals surface area (Å²) in [5.74, 6) is 1.32. The van der Waals surface area contributed by atoms with E-state index < -0.39 is 11.9 Å². The van der Waals surface area contributed by atoms with Gasteiger partial charge in [-0.25, -0.2) is 4.98 Å². The second kappa shape index (κ2) is 7.48. The number of hydrogen-bond acceptors (Lipinski definition) is 4. The van der Waals surface area contributed by atoms with Crippen LogP contribution in [0.1, 0.15) is 16.8 Å². The van der Waals surface area contributed by atoms with E-state index in [1.54, 1.807) is 24.3 Å². The van der Waals surface area contributed by atoms with E-state index >= 15 is 0 Å². The molecule has 0 unspecified atom stereocenters. The van der Waals surface area contributed by atoms with Gasteiger partial charge in [0.1, 0.15) is 17.9 Å². The van der Waals surface area contributed by atoms with Crippen molar-refractivity contribution in [2.75, 3.05) is 0 Å². The highest BCUT2D eigenvalue weighted by molar-refractivity contribution is 7.13. The van der Waals surface area contributed by atoms with Crippen molar-refractivity contribution >= 4 is 33.9 Å². The molecular formula is C20H13ClF3NO2S. The molecule has 0 aliphatic heterocycles. The van der Waals surface area contributed by atoms with Crippen molar-refractivity contribution in [3.05, 3.63) is 70.7 Å². The second-order valence-electron chi connectivity index (χ2n) is 6.04. The molecule has 0 spiro atoms. The van der Waals surface area contributed by atoms with Crippen molar-refractivity contribution in [1.29, 1.82) is 0 Å². The largest absolute Gasteiger partial charge is 0.489 e. The maximum Gasteiger partial charge on any atom is 0.434 e. The van der Waals surface area contributed by atoms with E-state index in [0.717, 1.165) is 33.2 Å². The third kappa shape index (κ3) is 3.86.